The van der Waals surface area contributed by atoms with Crippen molar-refractivity contribution < 1.29 is 8.83 Å². The molecule has 0 N–H and O–H groups in total. The van der Waals surface area contributed by atoms with E-state index in [2.05, 4.69) is 273 Å². The lowest BCUT2D eigenvalue weighted by molar-refractivity contribution is 0.666. The normalized spacial score (nSPS) is 11.7. The molecule has 130 heavy (non-hydrogen) atoms. The zero-order chi connectivity index (χ0) is 86.0. The van der Waals surface area contributed by atoms with Crippen molar-refractivity contribution >= 4 is 131 Å². The number of aromatic nitrogens is 10. The Morgan fingerprint density at radius 3 is 0.954 bits per heavy atom. The van der Waals surface area contributed by atoms with Crippen LogP contribution in [0, 0.1) is 22.7 Å². The molecule has 14 nitrogen and oxygen atoms in total. The van der Waals surface area contributed by atoms with Crippen molar-refractivity contribution in [1.82, 2.24) is 48.2 Å². The van der Waals surface area contributed by atoms with Gasteiger partial charge in [-0.05, 0) is 125 Å². The van der Waals surface area contributed by atoms with E-state index in [1.165, 1.54) is 0 Å². The first-order chi connectivity index (χ1) is 64.4. The number of nitriles is 2. The van der Waals surface area contributed by atoms with Crippen LogP contribution >= 0.6 is 0 Å². The number of benzene rings is 18. The van der Waals surface area contributed by atoms with Crippen LogP contribution in [0.15, 0.2) is 421 Å². The van der Waals surface area contributed by atoms with Crippen molar-refractivity contribution in [2.75, 3.05) is 0 Å². The second kappa shape index (κ2) is 30.3. The molecule has 8 heterocycles. The summed E-state index contributed by atoms with van der Waals surface area (Å²) in [7, 11) is 0. The van der Waals surface area contributed by atoms with Crippen LogP contribution in [0.5, 0.6) is 0 Å². The summed E-state index contributed by atoms with van der Waals surface area (Å²) in [5.41, 5.74) is 25.6. The Morgan fingerprint density at radius 1 is 0.200 bits per heavy atom. The van der Waals surface area contributed by atoms with E-state index in [-0.39, 0.29) is 0 Å². The minimum atomic E-state index is 0.461. The molecule has 0 bridgehead atoms. The van der Waals surface area contributed by atoms with Crippen LogP contribution in [0.4, 0.5) is 0 Å². The van der Waals surface area contributed by atoms with Crippen LogP contribution in [0.3, 0.4) is 0 Å². The van der Waals surface area contributed by atoms with Gasteiger partial charge in [0.25, 0.3) is 0 Å². The molecule has 0 amide bonds. The molecule has 0 aliphatic carbocycles. The van der Waals surface area contributed by atoms with E-state index >= 15 is 0 Å². The lowest BCUT2D eigenvalue weighted by Gasteiger charge is -2.16. The van der Waals surface area contributed by atoms with Gasteiger partial charge in [0.05, 0.1) is 90.1 Å². The molecule has 26 aromatic rings. The third kappa shape index (κ3) is 12.1. The number of nitrogens with zero attached hydrogens (tertiary/aromatic N) is 12. The first-order valence-corrected chi connectivity index (χ1v) is 43.2. The summed E-state index contributed by atoms with van der Waals surface area (Å²) in [6.45, 7) is 0. The lowest BCUT2D eigenvalue weighted by atomic mass is 10.0. The highest BCUT2D eigenvalue weighted by molar-refractivity contribution is 6.29. The number of fused-ring (bicyclic) bond motifs is 20. The minimum Gasteiger partial charge on any atom is -0.454 e. The molecule has 0 atom stereocenters. The van der Waals surface area contributed by atoms with Crippen molar-refractivity contribution in [3.05, 3.63) is 424 Å². The molecule has 0 saturated heterocycles. The predicted molar refractivity (Wildman–Crippen MR) is 524 cm³/mol. The molecule has 18 aromatic carbocycles. The van der Waals surface area contributed by atoms with E-state index < -0.39 is 0 Å². The molecule has 8 aromatic heterocycles. The second-order valence-corrected chi connectivity index (χ2v) is 32.5. The molecule has 0 unspecified atom stereocenters. The smallest absolute Gasteiger partial charge is 0.166 e. The summed E-state index contributed by atoms with van der Waals surface area (Å²) in [6, 6.07) is 146. The Balaban J connectivity index is 0.000000140. The lowest BCUT2D eigenvalue weighted by Crippen LogP contribution is -2.04. The van der Waals surface area contributed by atoms with Gasteiger partial charge in [0.2, 0.25) is 0 Å². The maximum Gasteiger partial charge on any atom is 0.166 e. The average Bonchev–Trinajstić information content (AvgIpc) is 1.54. The topological polar surface area (TPSA) is 171 Å². The van der Waals surface area contributed by atoms with Gasteiger partial charge in [-0.3, -0.25) is 0 Å². The van der Waals surface area contributed by atoms with Gasteiger partial charge in [0.1, 0.15) is 11.2 Å². The number of furan rings is 2. The standard InChI is InChI=1S/2C58H34N6O/c59-35-36-29-31-49(46(33-36)58-61-56(38-17-5-2-6-18-38)60-57(62-58)40-20-13-19-39(34-40)37-15-3-1-4-16-37)64-47-25-10-7-21-41(47)43-30-32-50-53(54(43)64)45-23-8-11-26-48(45)63(50)51-27-14-24-44-42-22-9-12-28-52(42)65-55(44)51;59-35-36-26-32-49(46(34-36)58-61-56(39-16-5-2-6-17-39)60-57(62-58)40-29-27-38(28-30-40)37-14-3-1-4-15-37)64-47-22-10-7-18-41(47)43-31-33-50-53(54(43)64)45-20-8-11-23-48(45)63(50)51-24-13-21-44-42-19-9-12-25-52(42)65-55(44)51/h2*1-34H. The van der Waals surface area contributed by atoms with Gasteiger partial charge in [-0.2, -0.15) is 10.5 Å². The van der Waals surface area contributed by atoms with Crippen molar-refractivity contribution in [1.29, 1.82) is 10.5 Å². The molecule has 0 spiro atoms. The summed E-state index contributed by atoms with van der Waals surface area (Å²) in [5, 5.41) is 34.0. The van der Waals surface area contributed by atoms with E-state index in [9.17, 15) is 10.5 Å². The SMILES string of the molecule is N#Cc1ccc(-n2c3ccccc3c3ccc4c(c5ccccc5n4-c4cccc5c4oc4ccccc45)c32)c(-c2nc(-c3ccccc3)nc(-c3ccc(-c4ccccc4)cc3)n2)c1.N#Cc1ccc(-n2c3ccccc3c3ccc4c(c5ccccc5n4-c4cccc5c4oc4ccccc45)c32)c(-c2nc(-c3ccccc3)nc(-c3cccc(-c4ccccc4)c3)n2)c1. The van der Waals surface area contributed by atoms with Gasteiger partial charge < -0.3 is 27.1 Å². The van der Waals surface area contributed by atoms with E-state index in [1.54, 1.807) is 0 Å². The molecular formula is C116H68N12O2. The zero-order valence-corrected chi connectivity index (χ0v) is 69.4. The first kappa shape index (κ1) is 74.4. The van der Waals surface area contributed by atoms with E-state index in [1.807, 2.05) is 170 Å². The highest BCUT2D eigenvalue weighted by Crippen LogP contribution is 2.49. The molecule has 14 heteroatoms. The Morgan fingerprint density at radius 2 is 0.515 bits per heavy atom. The number of hydrogen-bond acceptors (Lipinski definition) is 10. The van der Waals surface area contributed by atoms with Gasteiger partial charge in [-0.25, -0.2) is 29.9 Å². The molecule has 0 aliphatic heterocycles. The fourth-order valence-corrected chi connectivity index (χ4v) is 19.4. The highest BCUT2D eigenvalue weighted by Gasteiger charge is 2.29. The fraction of sp³-hybridized carbons (Fsp3) is 0. The second-order valence-electron chi connectivity index (χ2n) is 32.5. The number of hydrogen-bond donors (Lipinski definition) is 0. The van der Waals surface area contributed by atoms with Crippen LogP contribution in [-0.4, -0.2) is 48.2 Å². The fourth-order valence-electron chi connectivity index (χ4n) is 19.4. The maximum atomic E-state index is 10.4. The van der Waals surface area contributed by atoms with Crippen LogP contribution in [0.2, 0.25) is 0 Å². The Hall–Kier alpha value is -18.2. The third-order valence-electron chi connectivity index (χ3n) is 25.2. The van der Waals surface area contributed by atoms with Crippen molar-refractivity contribution in [2.24, 2.45) is 0 Å². The quantitative estimate of drug-likeness (QED) is 0.115. The van der Waals surface area contributed by atoms with Gasteiger partial charge in [0, 0.05) is 98.0 Å². The summed E-state index contributed by atoms with van der Waals surface area (Å²) in [4.78, 5) is 31.2. The summed E-state index contributed by atoms with van der Waals surface area (Å²) in [6.07, 6.45) is 0. The van der Waals surface area contributed by atoms with Gasteiger partial charge in [-0.1, -0.05) is 309 Å². The molecule has 0 saturated carbocycles. The van der Waals surface area contributed by atoms with Crippen molar-refractivity contribution in [3.8, 4) is 125 Å². The molecule has 0 fully saturated rings. The van der Waals surface area contributed by atoms with Crippen molar-refractivity contribution in [2.45, 2.75) is 0 Å². The molecular weight excluding hydrogens is 1590 g/mol. The Kier molecular flexibility index (Phi) is 17.4. The predicted octanol–water partition coefficient (Wildman–Crippen LogP) is 29.0. The van der Waals surface area contributed by atoms with Crippen LogP contribution in [-0.2, 0) is 0 Å². The molecule has 0 radical (unpaired) electrons. The van der Waals surface area contributed by atoms with Crippen LogP contribution in [0.25, 0.3) is 244 Å². The minimum absolute atomic E-state index is 0.461. The van der Waals surface area contributed by atoms with E-state index in [0.717, 1.165) is 198 Å². The average molecular weight is 1660 g/mol. The number of para-hydroxylation sites is 8. The van der Waals surface area contributed by atoms with Crippen LogP contribution in [0.1, 0.15) is 11.1 Å². The summed E-state index contributed by atoms with van der Waals surface area (Å²) < 4.78 is 22.7. The monoisotopic (exact) mass is 1660 g/mol. The summed E-state index contributed by atoms with van der Waals surface area (Å²) >= 11 is 0. The third-order valence-corrected chi connectivity index (χ3v) is 25.2. The van der Waals surface area contributed by atoms with Gasteiger partial charge in [-0.15, -0.1) is 0 Å². The van der Waals surface area contributed by atoms with E-state index in [0.29, 0.717) is 57.2 Å². The highest BCUT2D eigenvalue weighted by atomic mass is 16.3. The first-order valence-electron chi connectivity index (χ1n) is 43.2. The largest absolute Gasteiger partial charge is 0.454 e. The van der Waals surface area contributed by atoms with E-state index in [4.69, 9.17) is 38.7 Å². The molecule has 26 rings (SSSR count). The van der Waals surface area contributed by atoms with Gasteiger partial charge >= 0.3 is 0 Å². The number of rotatable bonds is 12. The summed E-state index contributed by atoms with van der Waals surface area (Å²) in [5.74, 6) is 3.07. The van der Waals surface area contributed by atoms with Crippen molar-refractivity contribution in [3.63, 3.8) is 0 Å². The Labute approximate surface area is 742 Å². The van der Waals surface area contributed by atoms with Crippen LogP contribution < -0.4 is 0 Å². The Bertz CT molecular complexity index is 9210. The molecule has 604 valence electrons. The zero-order valence-electron chi connectivity index (χ0n) is 69.4. The maximum absolute atomic E-state index is 10.4. The van der Waals surface area contributed by atoms with Gasteiger partial charge in [0.15, 0.2) is 46.1 Å². The molecule has 0 aliphatic rings.